The summed E-state index contributed by atoms with van der Waals surface area (Å²) in [5.74, 6) is 0.134. The predicted octanol–water partition coefficient (Wildman–Crippen LogP) is 5.70. The topological polar surface area (TPSA) is 75.5 Å². The van der Waals surface area contributed by atoms with Gasteiger partial charge < -0.3 is 14.7 Å². The molecule has 1 N–H and O–H groups in total. The summed E-state index contributed by atoms with van der Waals surface area (Å²) in [5, 5.41) is 10.3. The standard InChI is InChI=1S/C25H26ClN3O3/c1-2-4-17-6-12-20(13-7-17)32-16-22-21(24(30)31)15-27-25(28-22)29-14-3-5-23(29)18-8-10-19(26)11-9-18/h6-13,15,23H,2-5,14,16H2,1H3,(H,30,31)/t23-/m0/s1. The molecule has 7 heteroatoms. The average molecular weight is 452 g/mol. The van der Waals surface area contributed by atoms with Gasteiger partial charge in [-0.2, -0.15) is 0 Å². The first-order chi connectivity index (χ1) is 15.5. The van der Waals surface area contributed by atoms with E-state index in [0.717, 1.165) is 37.8 Å². The minimum absolute atomic E-state index is 0.0543. The monoisotopic (exact) mass is 451 g/mol. The van der Waals surface area contributed by atoms with E-state index < -0.39 is 5.97 Å². The van der Waals surface area contributed by atoms with Crippen LogP contribution in [0.25, 0.3) is 0 Å². The number of carboxylic acid groups (broad SMARTS) is 1. The minimum atomic E-state index is -1.07. The smallest absolute Gasteiger partial charge is 0.339 e. The molecular formula is C25H26ClN3O3. The highest BCUT2D eigenvalue weighted by Crippen LogP contribution is 2.35. The first-order valence-electron chi connectivity index (χ1n) is 10.9. The van der Waals surface area contributed by atoms with Crippen molar-refractivity contribution < 1.29 is 14.6 Å². The lowest BCUT2D eigenvalue weighted by molar-refractivity contribution is 0.0692. The quantitative estimate of drug-likeness (QED) is 0.473. The molecule has 1 fully saturated rings. The molecule has 1 aliphatic heterocycles. The van der Waals surface area contributed by atoms with Crippen LogP contribution in [0.3, 0.4) is 0 Å². The summed E-state index contributed by atoms with van der Waals surface area (Å²) in [5.41, 5.74) is 2.81. The van der Waals surface area contributed by atoms with Gasteiger partial charge in [0.25, 0.3) is 0 Å². The van der Waals surface area contributed by atoms with Gasteiger partial charge in [0.15, 0.2) is 0 Å². The number of anilines is 1. The van der Waals surface area contributed by atoms with Crippen molar-refractivity contribution in [1.29, 1.82) is 0 Å². The van der Waals surface area contributed by atoms with Crippen molar-refractivity contribution in [3.63, 3.8) is 0 Å². The lowest BCUT2D eigenvalue weighted by atomic mass is 10.1. The first-order valence-corrected chi connectivity index (χ1v) is 11.3. The summed E-state index contributed by atoms with van der Waals surface area (Å²) in [6.45, 7) is 3.00. The molecule has 3 aromatic rings. The number of carboxylic acids is 1. The molecule has 32 heavy (non-hydrogen) atoms. The number of hydrogen-bond donors (Lipinski definition) is 1. The summed E-state index contributed by atoms with van der Waals surface area (Å²) in [6.07, 6.45) is 5.46. The third-order valence-electron chi connectivity index (χ3n) is 5.69. The molecule has 6 nitrogen and oxygen atoms in total. The average Bonchev–Trinajstić information content (AvgIpc) is 3.29. The minimum Gasteiger partial charge on any atom is -0.487 e. The Morgan fingerprint density at radius 3 is 2.62 bits per heavy atom. The van der Waals surface area contributed by atoms with Crippen molar-refractivity contribution >= 4 is 23.5 Å². The van der Waals surface area contributed by atoms with Crippen LogP contribution in [0.4, 0.5) is 5.95 Å². The largest absolute Gasteiger partial charge is 0.487 e. The molecule has 1 aliphatic rings. The molecule has 0 radical (unpaired) electrons. The lowest BCUT2D eigenvalue weighted by Crippen LogP contribution is -2.26. The Balaban J connectivity index is 1.56. The van der Waals surface area contributed by atoms with E-state index in [2.05, 4.69) is 21.8 Å². The highest BCUT2D eigenvalue weighted by molar-refractivity contribution is 6.30. The van der Waals surface area contributed by atoms with E-state index in [-0.39, 0.29) is 18.2 Å². The van der Waals surface area contributed by atoms with Crippen LogP contribution in [-0.2, 0) is 13.0 Å². The van der Waals surface area contributed by atoms with Gasteiger partial charge in [-0.05, 0) is 54.7 Å². The van der Waals surface area contributed by atoms with Gasteiger partial charge in [-0.1, -0.05) is 49.2 Å². The fraction of sp³-hybridized carbons (Fsp3) is 0.320. The zero-order valence-corrected chi connectivity index (χ0v) is 18.8. The normalized spacial score (nSPS) is 15.7. The van der Waals surface area contributed by atoms with Gasteiger partial charge in [0.05, 0.1) is 11.7 Å². The summed E-state index contributed by atoms with van der Waals surface area (Å²) in [7, 11) is 0. The van der Waals surface area contributed by atoms with Crippen LogP contribution in [0.5, 0.6) is 5.75 Å². The van der Waals surface area contributed by atoms with Gasteiger partial charge in [0.1, 0.15) is 17.9 Å². The number of aryl methyl sites for hydroxylation is 1. The molecule has 2 heterocycles. The molecular weight excluding hydrogens is 426 g/mol. The van der Waals surface area contributed by atoms with Gasteiger partial charge >= 0.3 is 5.97 Å². The number of halogens is 1. The molecule has 0 spiro atoms. The maximum Gasteiger partial charge on any atom is 0.339 e. The Kier molecular flexibility index (Phi) is 6.90. The number of nitrogens with zero attached hydrogens (tertiary/aromatic N) is 3. The van der Waals surface area contributed by atoms with Crippen LogP contribution < -0.4 is 9.64 Å². The first kappa shape index (κ1) is 22.1. The Morgan fingerprint density at radius 2 is 1.94 bits per heavy atom. The van der Waals surface area contributed by atoms with E-state index >= 15 is 0 Å². The van der Waals surface area contributed by atoms with Gasteiger partial charge in [-0.25, -0.2) is 14.8 Å². The van der Waals surface area contributed by atoms with E-state index in [1.807, 2.05) is 48.5 Å². The van der Waals surface area contributed by atoms with Crippen molar-refractivity contribution in [2.45, 2.75) is 45.3 Å². The van der Waals surface area contributed by atoms with Gasteiger partial charge in [0.2, 0.25) is 5.95 Å². The van der Waals surface area contributed by atoms with Crippen molar-refractivity contribution in [1.82, 2.24) is 9.97 Å². The van der Waals surface area contributed by atoms with Gasteiger partial charge in [-0.3, -0.25) is 0 Å². The number of benzene rings is 2. The molecule has 0 unspecified atom stereocenters. The fourth-order valence-corrected chi connectivity index (χ4v) is 4.19. The van der Waals surface area contributed by atoms with E-state index in [1.165, 1.54) is 11.8 Å². The molecule has 1 saturated heterocycles. The van der Waals surface area contributed by atoms with Crippen LogP contribution in [0, 0.1) is 0 Å². The Hall–Kier alpha value is -3.12. The van der Waals surface area contributed by atoms with E-state index in [0.29, 0.717) is 22.4 Å². The van der Waals surface area contributed by atoms with Crippen molar-refractivity contribution in [2.24, 2.45) is 0 Å². The number of rotatable bonds is 8. The molecule has 1 atom stereocenters. The van der Waals surface area contributed by atoms with Gasteiger partial charge in [-0.15, -0.1) is 0 Å². The predicted molar refractivity (Wildman–Crippen MR) is 125 cm³/mol. The van der Waals surface area contributed by atoms with Gasteiger partial charge in [0, 0.05) is 17.8 Å². The zero-order chi connectivity index (χ0) is 22.5. The molecule has 0 aliphatic carbocycles. The van der Waals surface area contributed by atoms with Crippen molar-refractivity contribution in [3.8, 4) is 5.75 Å². The highest BCUT2D eigenvalue weighted by Gasteiger charge is 2.29. The van der Waals surface area contributed by atoms with Crippen molar-refractivity contribution in [2.75, 3.05) is 11.4 Å². The third kappa shape index (κ3) is 5.02. The molecule has 2 aromatic carbocycles. The van der Waals surface area contributed by atoms with Crippen molar-refractivity contribution in [3.05, 3.63) is 82.1 Å². The Morgan fingerprint density at radius 1 is 1.19 bits per heavy atom. The summed E-state index contributed by atoms with van der Waals surface area (Å²) < 4.78 is 5.87. The van der Waals surface area contributed by atoms with E-state index in [9.17, 15) is 9.90 Å². The second-order valence-corrected chi connectivity index (χ2v) is 8.36. The zero-order valence-electron chi connectivity index (χ0n) is 18.0. The molecule has 4 rings (SSSR count). The van der Waals surface area contributed by atoms with Crippen LogP contribution in [0.2, 0.25) is 5.02 Å². The van der Waals surface area contributed by atoms with Crippen LogP contribution in [0.15, 0.2) is 54.7 Å². The number of hydrogen-bond acceptors (Lipinski definition) is 5. The van der Waals surface area contributed by atoms with Crippen LogP contribution in [0.1, 0.15) is 59.4 Å². The SMILES string of the molecule is CCCc1ccc(OCc2nc(N3CCC[C@H]3c3ccc(Cl)cc3)ncc2C(=O)O)cc1. The Labute approximate surface area is 192 Å². The third-order valence-corrected chi connectivity index (χ3v) is 5.94. The number of aromatic carboxylic acids is 1. The molecule has 166 valence electrons. The second kappa shape index (κ2) is 10.0. The molecule has 0 bridgehead atoms. The molecule has 0 saturated carbocycles. The number of aromatic nitrogens is 2. The highest BCUT2D eigenvalue weighted by atomic mass is 35.5. The maximum absolute atomic E-state index is 11.7. The Bertz CT molecular complexity index is 1070. The van der Waals surface area contributed by atoms with Crippen LogP contribution >= 0.6 is 11.6 Å². The fourth-order valence-electron chi connectivity index (χ4n) is 4.06. The maximum atomic E-state index is 11.7. The number of ether oxygens (including phenoxy) is 1. The summed E-state index contributed by atoms with van der Waals surface area (Å²) >= 11 is 6.04. The lowest BCUT2D eigenvalue weighted by Gasteiger charge is -2.25. The van der Waals surface area contributed by atoms with E-state index in [4.69, 9.17) is 16.3 Å². The summed E-state index contributed by atoms with van der Waals surface area (Å²) in [4.78, 5) is 22.9. The molecule has 0 amide bonds. The van der Waals surface area contributed by atoms with E-state index in [1.54, 1.807) is 0 Å². The number of carbonyl (C=O) groups is 1. The summed E-state index contributed by atoms with van der Waals surface area (Å²) in [6, 6.07) is 15.8. The van der Waals surface area contributed by atoms with Crippen LogP contribution in [-0.4, -0.2) is 27.6 Å². The second-order valence-electron chi connectivity index (χ2n) is 7.92. The molecule has 1 aromatic heterocycles.